The Morgan fingerprint density at radius 2 is 1.77 bits per heavy atom. The van der Waals surface area contributed by atoms with E-state index < -0.39 is 34.7 Å². The molecule has 30 heavy (non-hydrogen) atoms. The molecule has 0 radical (unpaired) electrons. The van der Waals surface area contributed by atoms with Crippen LogP contribution in [0.4, 0.5) is 13.2 Å². The van der Waals surface area contributed by atoms with E-state index in [9.17, 15) is 22.8 Å². The maximum Gasteiger partial charge on any atom is 0.338 e. The summed E-state index contributed by atoms with van der Waals surface area (Å²) in [4.78, 5) is 24.6. The molecule has 0 aliphatic rings. The van der Waals surface area contributed by atoms with Crippen LogP contribution in [0.15, 0.2) is 51.7 Å². The van der Waals surface area contributed by atoms with Crippen LogP contribution in [0.3, 0.4) is 0 Å². The zero-order valence-corrected chi connectivity index (χ0v) is 17.4. The second-order valence-corrected chi connectivity index (χ2v) is 7.05. The third kappa shape index (κ3) is 4.11. The molecule has 0 unspecified atom stereocenters. The first-order valence-electron chi connectivity index (χ1n) is 8.60. The predicted molar refractivity (Wildman–Crippen MR) is 106 cm³/mol. The number of rotatable bonds is 5. The summed E-state index contributed by atoms with van der Waals surface area (Å²) in [5, 5.41) is 0. The predicted octanol–water partition coefficient (Wildman–Crippen LogP) is 4.69. The van der Waals surface area contributed by atoms with Gasteiger partial charge < -0.3 is 9.47 Å². The zero-order valence-electron chi connectivity index (χ0n) is 15.8. The van der Waals surface area contributed by atoms with Crippen LogP contribution < -0.4 is 10.3 Å². The number of ether oxygens (including phenoxy) is 2. The van der Waals surface area contributed by atoms with Crippen molar-refractivity contribution < 1.29 is 27.4 Å². The number of methoxy groups -OCH3 is 1. The highest BCUT2D eigenvalue weighted by Crippen LogP contribution is 2.27. The van der Waals surface area contributed by atoms with Gasteiger partial charge in [0.25, 0.3) is 5.56 Å². The van der Waals surface area contributed by atoms with Gasteiger partial charge in [0.2, 0.25) is 0 Å². The molecule has 0 fully saturated rings. The van der Waals surface area contributed by atoms with Gasteiger partial charge >= 0.3 is 5.97 Å². The van der Waals surface area contributed by atoms with Crippen LogP contribution in [0.1, 0.15) is 21.6 Å². The average Bonchev–Trinajstić information content (AvgIpc) is 2.71. The number of hydrogen-bond donors (Lipinski definition) is 0. The normalized spacial score (nSPS) is 10.7. The quantitative estimate of drug-likeness (QED) is 0.496. The number of hydrogen-bond acceptors (Lipinski definition) is 4. The maximum absolute atomic E-state index is 14.2. The number of carbonyl (C=O) groups is 1. The number of nitrogens with zero attached hydrogens (tertiary/aromatic N) is 1. The minimum atomic E-state index is -0.894. The van der Waals surface area contributed by atoms with E-state index in [0.717, 1.165) is 28.8 Å². The van der Waals surface area contributed by atoms with Gasteiger partial charge in [0.15, 0.2) is 0 Å². The van der Waals surface area contributed by atoms with Gasteiger partial charge in [-0.3, -0.25) is 9.36 Å². The van der Waals surface area contributed by atoms with E-state index in [4.69, 9.17) is 4.74 Å². The summed E-state index contributed by atoms with van der Waals surface area (Å²) < 4.78 is 52.9. The van der Waals surface area contributed by atoms with Gasteiger partial charge in [0.1, 0.15) is 40.0 Å². The van der Waals surface area contributed by atoms with E-state index in [-0.39, 0.29) is 28.1 Å². The van der Waals surface area contributed by atoms with Crippen molar-refractivity contribution in [2.45, 2.75) is 13.5 Å². The van der Waals surface area contributed by atoms with Crippen molar-refractivity contribution in [1.82, 2.24) is 4.57 Å². The van der Waals surface area contributed by atoms with E-state index in [2.05, 4.69) is 20.7 Å². The Labute approximate surface area is 177 Å². The Hall–Kier alpha value is -3.07. The molecule has 0 aliphatic heterocycles. The van der Waals surface area contributed by atoms with Gasteiger partial charge in [-0.25, -0.2) is 18.0 Å². The lowest BCUT2D eigenvalue weighted by Crippen LogP contribution is -2.24. The van der Waals surface area contributed by atoms with Crippen LogP contribution >= 0.6 is 15.9 Å². The van der Waals surface area contributed by atoms with Crippen molar-refractivity contribution >= 4 is 21.9 Å². The lowest BCUT2D eigenvalue weighted by atomic mass is 10.1. The molecule has 5 nitrogen and oxygen atoms in total. The molecule has 0 saturated carbocycles. The topological polar surface area (TPSA) is 57.5 Å². The minimum Gasteiger partial charge on any atom is -0.487 e. The van der Waals surface area contributed by atoms with E-state index in [1.807, 2.05) is 0 Å². The second-order valence-electron chi connectivity index (χ2n) is 6.26. The summed E-state index contributed by atoms with van der Waals surface area (Å²) in [6.45, 7) is 1.31. The zero-order chi connectivity index (χ0) is 22.0. The van der Waals surface area contributed by atoms with E-state index in [1.165, 1.54) is 32.2 Å². The molecule has 9 heteroatoms. The molecule has 3 rings (SSSR count). The number of benzene rings is 2. The van der Waals surface area contributed by atoms with Crippen molar-refractivity contribution in [3.63, 3.8) is 0 Å². The first-order chi connectivity index (χ1) is 14.2. The summed E-state index contributed by atoms with van der Waals surface area (Å²) in [7, 11) is 1.17. The van der Waals surface area contributed by atoms with Gasteiger partial charge in [-0.1, -0.05) is 12.1 Å². The van der Waals surface area contributed by atoms with Crippen LogP contribution in [0.25, 0.3) is 5.69 Å². The molecular formula is C21H15BrF3NO4. The van der Waals surface area contributed by atoms with Crippen LogP contribution in [-0.4, -0.2) is 17.6 Å². The lowest BCUT2D eigenvalue weighted by Gasteiger charge is -2.16. The van der Waals surface area contributed by atoms with Crippen LogP contribution in [0, 0.1) is 24.4 Å². The molecule has 0 aliphatic carbocycles. The van der Waals surface area contributed by atoms with E-state index in [1.54, 1.807) is 0 Å². The monoisotopic (exact) mass is 481 g/mol. The highest BCUT2D eigenvalue weighted by molar-refractivity contribution is 9.10. The number of aromatic nitrogens is 1. The second kappa shape index (κ2) is 8.74. The first kappa shape index (κ1) is 21.6. The summed E-state index contributed by atoms with van der Waals surface area (Å²) in [5.74, 6) is -3.06. The summed E-state index contributed by atoms with van der Waals surface area (Å²) in [5.41, 5.74) is -0.709. The number of esters is 1. The van der Waals surface area contributed by atoms with Crippen molar-refractivity contribution in [3.8, 4) is 11.4 Å². The number of aryl methyl sites for hydroxylation is 1. The fourth-order valence-electron chi connectivity index (χ4n) is 2.90. The van der Waals surface area contributed by atoms with Gasteiger partial charge in [0, 0.05) is 17.3 Å². The van der Waals surface area contributed by atoms with Crippen molar-refractivity contribution in [2.24, 2.45) is 0 Å². The molecule has 1 aromatic heterocycles. The van der Waals surface area contributed by atoms with Gasteiger partial charge in [-0.2, -0.15) is 0 Å². The van der Waals surface area contributed by atoms with Crippen molar-refractivity contribution in [1.29, 1.82) is 0 Å². The Kier molecular flexibility index (Phi) is 6.31. The van der Waals surface area contributed by atoms with E-state index in [0.29, 0.717) is 5.56 Å². The van der Waals surface area contributed by atoms with Gasteiger partial charge in [-0.05, 0) is 47.1 Å². The molecule has 0 spiro atoms. The molecule has 2 aromatic carbocycles. The Morgan fingerprint density at radius 3 is 2.40 bits per heavy atom. The maximum atomic E-state index is 14.2. The van der Waals surface area contributed by atoms with Crippen molar-refractivity contribution in [3.05, 3.63) is 91.6 Å². The fourth-order valence-corrected chi connectivity index (χ4v) is 3.30. The number of para-hydroxylation sites is 1. The average molecular weight is 482 g/mol. The molecule has 0 amide bonds. The lowest BCUT2D eigenvalue weighted by molar-refractivity contribution is 0.0597. The molecule has 156 valence electrons. The number of carbonyl (C=O) groups excluding carboxylic acids is 1. The highest BCUT2D eigenvalue weighted by Gasteiger charge is 2.20. The third-order valence-corrected chi connectivity index (χ3v) is 5.05. The van der Waals surface area contributed by atoms with Crippen LogP contribution in [0.5, 0.6) is 5.75 Å². The molecule has 1 heterocycles. The Balaban J connectivity index is 1.99. The molecule has 0 N–H and O–H groups in total. The first-order valence-corrected chi connectivity index (χ1v) is 9.40. The highest BCUT2D eigenvalue weighted by atomic mass is 79.9. The molecular weight excluding hydrogens is 467 g/mol. The largest absolute Gasteiger partial charge is 0.487 e. The van der Waals surface area contributed by atoms with Gasteiger partial charge in [0.05, 0.1) is 12.7 Å². The summed E-state index contributed by atoms with van der Waals surface area (Å²) in [6, 6.07) is 8.24. The third-order valence-electron chi connectivity index (χ3n) is 4.32. The number of halogens is 4. The SMILES string of the molecule is COC(=O)c1cc(F)ccc1COc1cc(C)n(-c2c(F)cccc2F)c(=O)c1Br. The smallest absolute Gasteiger partial charge is 0.338 e. The molecule has 0 saturated heterocycles. The summed E-state index contributed by atoms with van der Waals surface area (Å²) in [6.07, 6.45) is 0. The molecule has 3 aromatic rings. The molecule has 0 atom stereocenters. The van der Waals surface area contributed by atoms with Crippen molar-refractivity contribution in [2.75, 3.05) is 7.11 Å². The standard InChI is InChI=1S/C21H15BrF3NO4/c1-11-8-17(30-10-12-6-7-13(23)9-14(12)21(28)29-2)18(22)20(27)26(11)19-15(24)4-3-5-16(19)25/h3-9H,10H2,1-2H3. The van der Waals surface area contributed by atoms with Crippen LogP contribution in [-0.2, 0) is 11.3 Å². The number of pyridine rings is 1. The fraction of sp³-hybridized carbons (Fsp3) is 0.143. The van der Waals surface area contributed by atoms with Crippen LogP contribution in [0.2, 0.25) is 0 Å². The minimum absolute atomic E-state index is 0.0212. The van der Waals surface area contributed by atoms with E-state index >= 15 is 0 Å². The Bertz CT molecular complexity index is 1170. The summed E-state index contributed by atoms with van der Waals surface area (Å²) >= 11 is 3.10. The Morgan fingerprint density at radius 1 is 1.10 bits per heavy atom. The van der Waals surface area contributed by atoms with Gasteiger partial charge in [-0.15, -0.1) is 0 Å². The molecule has 0 bridgehead atoms.